The van der Waals surface area contributed by atoms with Crippen molar-refractivity contribution in [3.05, 3.63) is 24.3 Å². The minimum Gasteiger partial charge on any atom is -0.463 e. The molecule has 6 atom stereocenters. The summed E-state index contributed by atoms with van der Waals surface area (Å²) in [6, 6.07) is 0. The first kappa shape index (κ1) is 27.3. The Balaban J connectivity index is 2.42. The SMILES string of the molecule is CCCCC[C@@H](O)/C=C/[C@@H]1[C@H](C/C=C\CC(=O)OC[C@H](O)COC(C)=O)[C@@H](O)C[C@H]1O. The molecule has 8 heteroatoms. The van der Waals surface area contributed by atoms with Gasteiger partial charge in [-0.1, -0.05) is 50.5 Å². The first-order valence-corrected chi connectivity index (χ1v) is 11.1. The standard InChI is InChI=1S/C23H38O8/c1-3-4-5-8-17(25)11-12-20-19(21(27)13-22(20)28)9-6-7-10-23(29)31-15-18(26)14-30-16(2)24/h6-7,11-12,17-22,25-28H,3-5,8-10,13-15H2,1-2H3/b7-6-,12-11+/t17-,18-,19+,20-,21+,22-/m1/s1. The predicted molar refractivity (Wildman–Crippen MR) is 115 cm³/mol. The number of aliphatic hydroxyl groups excluding tert-OH is 4. The number of carbonyl (C=O) groups excluding carboxylic acids is 2. The number of hydrogen-bond acceptors (Lipinski definition) is 8. The number of allylic oxidation sites excluding steroid dienone is 1. The summed E-state index contributed by atoms with van der Waals surface area (Å²) in [6.07, 6.45) is 8.47. The summed E-state index contributed by atoms with van der Waals surface area (Å²) in [7, 11) is 0. The van der Waals surface area contributed by atoms with Gasteiger partial charge in [0.2, 0.25) is 0 Å². The van der Waals surface area contributed by atoms with Crippen molar-refractivity contribution in [2.24, 2.45) is 11.8 Å². The molecule has 1 rings (SSSR count). The van der Waals surface area contributed by atoms with Crippen molar-refractivity contribution in [2.45, 2.75) is 83.2 Å². The first-order valence-electron chi connectivity index (χ1n) is 11.1. The van der Waals surface area contributed by atoms with Crippen LogP contribution < -0.4 is 0 Å². The number of hydrogen-bond donors (Lipinski definition) is 4. The maximum absolute atomic E-state index is 11.7. The summed E-state index contributed by atoms with van der Waals surface area (Å²) in [6.45, 7) is 2.83. The molecule has 0 heterocycles. The molecule has 1 fully saturated rings. The molecule has 0 aromatic heterocycles. The van der Waals surface area contributed by atoms with E-state index in [0.29, 0.717) is 12.8 Å². The Morgan fingerprint density at radius 2 is 1.77 bits per heavy atom. The van der Waals surface area contributed by atoms with Crippen LogP contribution in [0.5, 0.6) is 0 Å². The van der Waals surface area contributed by atoms with E-state index in [1.807, 2.05) is 0 Å². The number of ether oxygens (including phenoxy) is 2. The van der Waals surface area contributed by atoms with Gasteiger partial charge in [-0.05, 0) is 18.8 Å². The summed E-state index contributed by atoms with van der Waals surface area (Å²) in [4.78, 5) is 22.4. The van der Waals surface area contributed by atoms with E-state index in [4.69, 9.17) is 4.74 Å². The molecule has 1 aliphatic rings. The molecule has 0 aromatic rings. The van der Waals surface area contributed by atoms with Gasteiger partial charge in [0, 0.05) is 19.3 Å². The largest absolute Gasteiger partial charge is 0.463 e. The van der Waals surface area contributed by atoms with Crippen LogP contribution in [0.4, 0.5) is 0 Å². The van der Waals surface area contributed by atoms with E-state index in [-0.39, 0.29) is 37.9 Å². The van der Waals surface area contributed by atoms with Crippen LogP contribution in [-0.4, -0.2) is 70.0 Å². The quantitative estimate of drug-likeness (QED) is 0.181. The summed E-state index contributed by atoms with van der Waals surface area (Å²) in [5, 5.41) is 40.1. The van der Waals surface area contributed by atoms with Gasteiger partial charge in [-0.2, -0.15) is 0 Å². The number of carbonyl (C=O) groups is 2. The molecule has 0 amide bonds. The molecule has 0 unspecified atom stereocenters. The zero-order valence-corrected chi connectivity index (χ0v) is 18.6. The molecule has 0 aromatic carbocycles. The van der Waals surface area contributed by atoms with Crippen LogP contribution >= 0.6 is 0 Å². The fourth-order valence-corrected chi connectivity index (χ4v) is 3.61. The Hall–Kier alpha value is -1.74. The zero-order chi connectivity index (χ0) is 23.2. The minimum absolute atomic E-state index is 0.00228. The molecular weight excluding hydrogens is 404 g/mol. The summed E-state index contributed by atoms with van der Waals surface area (Å²) in [5.41, 5.74) is 0. The number of esters is 2. The normalized spacial score (nSPS) is 25.7. The lowest BCUT2D eigenvalue weighted by molar-refractivity contribution is -0.150. The average Bonchev–Trinajstić information content (AvgIpc) is 2.98. The monoisotopic (exact) mass is 442 g/mol. The number of aliphatic hydroxyl groups is 4. The van der Waals surface area contributed by atoms with Gasteiger partial charge in [-0.15, -0.1) is 0 Å². The lowest BCUT2D eigenvalue weighted by Gasteiger charge is -2.19. The molecule has 0 saturated heterocycles. The van der Waals surface area contributed by atoms with Gasteiger partial charge >= 0.3 is 11.9 Å². The van der Waals surface area contributed by atoms with Crippen molar-refractivity contribution in [1.29, 1.82) is 0 Å². The fourth-order valence-electron chi connectivity index (χ4n) is 3.61. The van der Waals surface area contributed by atoms with Crippen molar-refractivity contribution in [3.8, 4) is 0 Å². The second-order valence-electron chi connectivity index (χ2n) is 8.11. The zero-order valence-electron chi connectivity index (χ0n) is 18.6. The van der Waals surface area contributed by atoms with Crippen LogP contribution in [0.3, 0.4) is 0 Å². The van der Waals surface area contributed by atoms with Crippen LogP contribution in [0.25, 0.3) is 0 Å². The highest BCUT2D eigenvalue weighted by atomic mass is 16.6. The molecule has 8 nitrogen and oxygen atoms in total. The average molecular weight is 443 g/mol. The van der Waals surface area contributed by atoms with Gasteiger partial charge < -0.3 is 29.9 Å². The summed E-state index contributed by atoms with van der Waals surface area (Å²) < 4.78 is 9.53. The van der Waals surface area contributed by atoms with Crippen molar-refractivity contribution in [1.82, 2.24) is 0 Å². The third kappa shape index (κ3) is 11.4. The van der Waals surface area contributed by atoms with Crippen LogP contribution in [0.2, 0.25) is 0 Å². The number of rotatable bonds is 14. The molecular formula is C23H38O8. The van der Waals surface area contributed by atoms with Crippen molar-refractivity contribution < 1.29 is 39.5 Å². The lowest BCUT2D eigenvalue weighted by Crippen LogP contribution is -2.24. The molecule has 0 bridgehead atoms. The Kier molecular flexibility index (Phi) is 13.3. The van der Waals surface area contributed by atoms with E-state index in [2.05, 4.69) is 11.7 Å². The van der Waals surface area contributed by atoms with E-state index in [1.54, 1.807) is 24.3 Å². The van der Waals surface area contributed by atoms with Gasteiger partial charge in [-0.25, -0.2) is 0 Å². The van der Waals surface area contributed by atoms with Gasteiger partial charge in [0.1, 0.15) is 19.3 Å². The predicted octanol–water partition coefficient (Wildman–Crippen LogP) is 1.65. The second-order valence-corrected chi connectivity index (χ2v) is 8.11. The number of unbranched alkanes of at least 4 members (excludes halogenated alkanes) is 2. The highest BCUT2D eigenvalue weighted by Gasteiger charge is 2.39. The van der Waals surface area contributed by atoms with Crippen LogP contribution in [0.1, 0.15) is 58.8 Å². The van der Waals surface area contributed by atoms with E-state index in [0.717, 1.165) is 19.3 Å². The van der Waals surface area contributed by atoms with E-state index in [9.17, 15) is 30.0 Å². The van der Waals surface area contributed by atoms with Gasteiger partial charge in [0.05, 0.1) is 24.7 Å². The highest BCUT2D eigenvalue weighted by Crippen LogP contribution is 2.36. The van der Waals surface area contributed by atoms with E-state index in [1.165, 1.54) is 6.92 Å². The van der Waals surface area contributed by atoms with E-state index >= 15 is 0 Å². The van der Waals surface area contributed by atoms with Crippen molar-refractivity contribution in [2.75, 3.05) is 13.2 Å². The van der Waals surface area contributed by atoms with Crippen molar-refractivity contribution >= 4 is 11.9 Å². The van der Waals surface area contributed by atoms with Crippen LogP contribution in [0, 0.1) is 11.8 Å². The maximum atomic E-state index is 11.7. The topological polar surface area (TPSA) is 134 Å². The smallest absolute Gasteiger partial charge is 0.309 e. The fraction of sp³-hybridized carbons (Fsp3) is 0.739. The lowest BCUT2D eigenvalue weighted by atomic mass is 9.89. The minimum atomic E-state index is -1.07. The first-order chi connectivity index (χ1) is 14.7. The molecule has 31 heavy (non-hydrogen) atoms. The molecule has 178 valence electrons. The van der Waals surface area contributed by atoms with Crippen LogP contribution in [-0.2, 0) is 19.1 Å². The molecule has 4 N–H and O–H groups in total. The second kappa shape index (κ2) is 15.1. The Bertz CT molecular complexity index is 588. The molecule has 1 aliphatic carbocycles. The maximum Gasteiger partial charge on any atom is 0.309 e. The van der Waals surface area contributed by atoms with E-state index < -0.39 is 36.4 Å². The van der Waals surface area contributed by atoms with Crippen molar-refractivity contribution in [3.63, 3.8) is 0 Å². The van der Waals surface area contributed by atoms with Crippen LogP contribution in [0.15, 0.2) is 24.3 Å². The summed E-state index contributed by atoms with van der Waals surface area (Å²) >= 11 is 0. The summed E-state index contributed by atoms with van der Waals surface area (Å²) in [5.74, 6) is -1.51. The third-order valence-corrected chi connectivity index (χ3v) is 5.35. The Labute approximate surface area is 184 Å². The molecule has 0 spiro atoms. The van der Waals surface area contributed by atoms with Gasteiger partial charge in [0.15, 0.2) is 0 Å². The van der Waals surface area contributed by atoms with Gasteiger partial charge in [0.25, 0.3) is 0 Å². The Morgan fingerprint density at radius 3 is 2.45 bits per heavy atom. The third-order valence-electron chi connectivity index (χ3n) is 5.35. The molecule has 1 saturated carbocycles. The Morgan fingerprint density at radius 1 is 1.06 bits per heavy atom. The highest BCUT2D eigenvalue weighted by molar-refractivity contribution is 5.71. The molecule has 0 aliphatic heterocycles. The molecule has 0 radical (unpaired) electrons. The van der Waals surface area contributed by atoms with Gasteiger partial charge in [-0.3, -0.25) is 9.59 Å².